The summed E-state index contributed by atoms with van der Waals surface area (Å²) >= 11 is 12.0. The zero-order valence-corrected chi connectivity index (χ0v) is 16.8. The molecule has 0 saturated carbocycles. The van der Waals surface area contributed by atoms with Crippen molar-refractivity contribution in [1.82, 2.24) is 0 Å². The highest BCUT2D eigenvalue weighted by Gasteiger charge is 2.15. The fourth-order valence-corrected chi connectivity index (χ4v) is 2.77. The summed E-state index contributed by atoms with van der Waals surface area (Å²) in [6.07, 6.45) is 0. The summed E-state index contributed by atoms with van der Waals surface area (Å²) in [5.74, 6) is -0.0526. The highest BCUT2D eigenvalue weighted by atomic mass is 35.5. The molecular formula is C20H17Cl2N3O4. The standard InChI is InChI=1S/C20H17Cl2N3O4/c1-11-13(4-2-6-15(11)23)19(24)25-29-20(26)17-9-8-12(28-17)10-27-16-7-3-5-14(21)18(16)22/h2-9H,10,23H2,1H3,(H2,24,25). The maximum Gasteiger partial charge on any atom is 0.400 e. The maximum atomic E-state index is 12.1. The summed E-state index contributed by atoms with van der Waals surface area (Å²) in [6.45, 7) is 1.83. The third-order valence-corrected chi connectivity index (χ3v) is 4.83. The average Bonchev–Trinajstić information content (AvgIpc) is 3.18. The van der Waals surface area contributed by atoms with Gasteiger partial charge < -0.3 is 25.5 Å². The van der Waals surface area contributed by atoms with Crippen molar-refractivity contribution < 1.29 is 18.8 Å². The van der Waals surface area contributed by atoms with E-state index in [0.717, 1.165) is 5.56 Å². The molecule has 0 atom stereocenters. The Morgan fingerprint density at radius 2 is 1.90 bits per heavy atom. The Kier molecular flexibility index (Phi) is 6.31. The van der Waals surface area contributed by atoms with Crippen LogP contribution in [0.2, 0.25) is 10.0 Å². The van der Waals surface area contributed by atoms with Gasteiger partial charge in [0.05, 0.1) is 5.02 Å². The smallest absolute Gasteiger partial charge is 0.400 e. The van der Waals surface area contributed by atoms with Crippen LogP contribution in [0.3, 0.4) is 0 Å². The zero-order chi connectivity index (χ0) is 21.0. The number of ether oxygens (including phenoxy) is 1. The Balaban J connectivity index is 1.63. The number of nitrogens with two attached hydrogens (primary N) is 2. The first-order valence-electron chi connectivity index (χ1n) is 8.42. The van der Waals surface area contributed by atoms with Gasteiger partial charge in [0.25, 0.3) is 0 Å². The van der Waals surface area contributed by atoms with E-state index in [4.69, 9.17) is 48.7 Å². The van der Waals surface area contributed by atoms with Crippen LogP contribution in [0.1, 0.15) is 27.4 Å². The van der Waals surface area contributed by atoms with Gasteiger partial charge in [0.15, 0.2) is 5.84 Å². The van der Waals surface area contributed by atoms with E-state index in [1.54, 1.807) is 49.4 Å². The molecule has 0 fully saturated rings. The lowest BCUT2D eigenvalue weighted by molar-refractivity contribution is 0.0475. The Morgan fingerprint density at radius 1 is 1.14 bits per heavy atom. The molecule has 0 unspecified atom stereocenters. The normalized spacial score (nSPS) is 11.3. The Morgan fingerprint density at radius 3 is 2.69 bits per heavy atom. The van der Waals surface area contributed by atoms with E-state index in [1.165, 1.54) is 6.07 Å². The first-order valence-corrected chi connectivity index (χ1v) is 9.18. The third kappa shape index (κ3) is 4.82. The largest absolute Gasteiger partial charge is 0.484 e. The second kappa shape index (κ2) is 8.89. The molecule has 1 aromatic heterocycles. The zero-order valence-electron chi connectivity index (χ0n) is 15.3. The van der Waals surface area contributed by atoms with Gasteiger partial charge in [0, 0.05) is 11.3 Å². The Hall–Kier alpha value is -3.16. The summed E-state index contributed by atoms with van der Waals surface area (Å²) in [5, 5.41) is 4.33. The van der Waals surface area contributed by atoms with Gasteiger partial charge in [0.1, 0.15) is 23.1 Å². The minimum absolute atomic E-state index is 0.0221. The van der Waals surface area contributed by atoms with Crippen LogP contribution < -0.4 is 16.2 Å². The van der Waals surface area contributed by atoms with Crippen molar-refractivity contribution >= 4 is 40.7 Å². The topological polar surface area (TPSA) is 113 Å². The molecule has 29 heavy (non-hydrogen) atoms. The van der Waals surface area contributed by atoms with E-state index in [9.17, 15) is 4.79 Å². The molecule has 7 nitrogen and oxygen atoms in total. The highest BCUT2D eigenvalue weighted by molar-refractivity contribution is 6.42. The van der Waals surface area contributed by atoms with Gasteiger partial charge in [-0.1, -0.05) is 46.6 Å². The van der Waals surface area contributed by atoms with E-state index in [1.807, 2.05) is 0 Å². The fourth-order valence-electron chi connectivity index (χ4n) is 2.43. The number of hydrogen-bond donors (Lipinski definition) is 2. The van der Waals surface area contributed by atoms with Crippen molar-refractivity contribution in [2.45, 2.75) is 13.5 Å². The molecule has 0 aliphatic rings. The molecular weight excluding hydrogens is 417 g/mol. The monoisotopic (exact) mass is 433 g/mol. The van der Waals surface area contributed by atoms with Crippen molar-refractivity contribution in [3.05, 3.63) is 81.2 Å². The summed E-state index contributed by atoms with van der Waals surface area (Å²) < 4.78 is 11.0. The van der Waals surface area contributed by atoms with Crippen molar-refractivity contribution in [2.75, 3.05) is 5.73 Å². The van der Waals surface area contributed by atoms with Crippen LogP contribution in [-0.4, -0.2) is 11.8 Å². The molecule has 9 heteroatoms. The van der Waals surface area contributed by atoms with E-state index in [0.29, 0.717) is 32.8 Å². The van der Waals surface area contributed by atoms with Gasteiger partial charge in [-0.15, -0.1) is 0 Å². The van der Waals surface area contributed by atoms with Crippen molar-refractivity contribution in [2.24, 2.45) is 10.9 Å². The molecule has 0 aliphatic carbocycles. The molecule has 0 amide bonds. The molecule has 4 N–H and O–H groups in total. The summed E-state index contributed by atoms with van der Waals surface area (Å²) in [4.78, 5) is 17.0. The van der Waals surface area contributed by atoms with Crippen LogP contribution in [0.15, 0.2) is 58.1 Å². The molecule has 2 aromatic carbocycles. The summed E-state index contributed by atoms with van der Waals surface area (Å²) in [5.41, 5.74) is 13.6. The fraction of sp³-hybridized carbons (Fsp3) is 0.100. The predicted octanol–water partition coefficient (Wildman–Crippen LogP) is 4.53. The number of rotatable bonds is 6. The first-order chi connectivity index (χ1) is 13.9. The molecule has 1 heterocycles. The average molecular weight is 434 g/mol. The van der Waals surface area contributed by atoms with Crippen LogP contribution in [0, 0.1) is 6.92 Å². The first kappa shape index (κ1) is 20.6. The minimum atomic E-state index is -0.804. The molecule has 0 spiro atoms. The molecule has 0 bridgehead atoms. The number of carbonyl (C=O) groups excluding carboxylic acids is 1. The van der Waals surface area contributed by atoms with Gasteiger partial charge in [-0.25, -0.2) is 4.79 Å². The van der Waals surface area contributed by atoms with Crippen LogP contribution in [0.25, 0.3) is 0 Å². The van der Waals surface area contributed by atoms with Gasteiger partial charge in [-0.2, -0.15) is 0 Å². The highest BCUT2D eigenvalue weighted by Crippen LogP contribution is 2.32. The third-order valence-electron chi connectivity index (χ3n) is 4.03. The summed E-state index contributed by atoms with van der Waals surface area (Å²) in [7, 11) is 0. The van der Waals surface area contributed by atoms with E-state index in [2.05, 4.69) is 5.16 Å². The second-order valence-electron chi connectivity index (χ2n) is 5.98. The maximum absolute atomic E-state index is 12.1. The second-order valence-corrected chi connectivity index (χ2v) is 6.77. The van der Waals surface area contributed by atoms with E-state index >= 15 is 0 Å². The number of benzene rings is 2. The number of oxime groups is 1. The number of furan rings is 1. The molecule has 0 aliphatic heterocycles. The number of hydrogen-bond acceptors (Lipinski definition) is 6. The lowest BCUT2D eigenvalue weighted by atomic mass is 10.1. The number of amidine groups is 1. The molecule has 0 saturated heterocycles. The Bertz CT molecular complexity index is 1080. The van der Waals surface area contributed by atoms with E-state index in [-0.39, 0.29) is 18.2 Å². The number of nitrogens with zero attached hydrogens (tertiary/aromatic N) is 1. The van der Waals surface area contributed by atoms with Crippen molar-refractivity contribution in [3.63, 3.8) is 0 Å². The van der Waals surface area contributed by atoms with Gasteiger partial charge in [-0.3, -0.25) is 0 Å². The van der Waals surface area contributed by atoms with Gasteiger partial charge in [-0.05, 0) is 42.8 Å². The SMILES string of the molecule is Cc1c(N)cccc1/C(N)=N/OC(=O)c1ccc(COc2cccc(Cl)c2Cl)o1. The molecule has 0 radical (unpaired) electrons. The quantitative estimate of drug-likeness (QED) is 0.194. The minimum Gasteiger partial charge on any atom is -0.484 e. The van der Waals surface area contributed by atoms with Crippen molar-refractivity contribution in [1.29, 1.82) is 0 Å². The lowest BCUT2D eigenvalue weighted by Gasteiger charge is -2.07. The Labute approximate surface area is 176 Å². The summed E-state index contributed by atoms with van der Waals surface area (Å²) in [6, 6.07) is 13.2. The number of nitrogen functional groups attached to an aromatic ring is 1. The molecule has 3 aromatic rings. The lowest BCUT2D eigenvalue weighted by Crippen LogP contribution is -2.17. The van der Waals surface area contributed by atoms with E-state index < -0.39 is 5.97 Å². The van der Waals surface area contributed by atoms with Crippen molar-refractivity contribution in [3.8, 4) is 5.75 Å². The number of anilines is 1. The van der Waals surface area contributed by atoms with Crippen LogP contribution >= 0.6 is 23.2 Å². The van der Waals surface area contributed by atoms with Crippen LogP contribution in [-0.2, 0) is 11.4 Å². The van der Waals surface area contributed by atoms with Gasteiger partial charge >= 0.3 is 5.97 Å². The van der Waals surface area contributed by atoms with Crippen LogP contribution in [0.4, 0.5) is 5.69 Å². The molecule has 150 valence electrons. The van der Waals surface area contributed by atoms with Crippen LogP contribution in [0.5, 0.6) is 5.75 Å². The molecule has 3 rings (SSSR count). The number of halogens is 2. The van der Waals surface area contributed by atoms with Gasteiger partial charge in [0.2, 0.25) is 5.76 Å². The number of carbonyl (C=O) groups is 1. The predicted molar refractivity (Wildman–Crippen MR) is 111 cm³/mol.